The lowest BCUT2D eigenvalue weighted by Gasteiger charge is -2.28. The molecule has 0 bridgehead atoms. The van der Waals surface area contributed by atoms with Crippen LogP contribution in [0.4, 0.5) is 0 Å². The molecule has 0 aromatic rings. The van der Waals surface area contributed by atoms with Crippen LogP contribution in [0.5, 0.6) is 0 Å². The van der Waals surface area contributed by atoms with Crippen LogP contribution in [-0.2, 0) is 9.59 Å². The van der Waals surface area contributed by atoms with Crippen LogP contribution >= 0.6 is 11.8 Å². The van der Waals surface area contributed by atoms with Gasteiger partial charge in [0.05, 0.1) is 0 Å². The van der Waals surface area contributed by atoms with Gasteiger partial charge in [0.1, 0.15) is 6.04 Å². The molecule has 2 unspecified atom stereocenters. The Hall–Kier alpha value is -0.710. The fourth-order valence-electron chi connectivity index (χ4n) is 2.41. The third-order valence-electron chi connectivity index (χ3n) is 3.40. The number of carbonyl (C=O) groups is 2. The molecule has 0 aromatic heterocycles. The van der Waals surface area contributed by atoms with Gasteiger partial charge in [-0.3, -0.25) is 9.59 Å². The second-order valence-corrected chi connectivity index (χ2v) is 6.44. The molecule has 1 fully saturated rings. The van der Waals surface area contributed by atoms with Crippen LogP contribution in [0.2, 0.25) is 0 Å². The standard InChI is InChI=1S/C14H26N2O2S/c1-4-7-12-14(18)16(8-6-9-19-5-2)11(3)10-13(17)15-12/h11-12H,4-10H2,1-3H3,(H,15,17). The largest absolute Gasteiger partial charge is 0.344 e. The Kier molecular flexibility index (Phi) is 7.28. The first-order chi connectivity index (χ1) is 9.10. The van der Waals surface area contributed by atoms with Crippen molar-refractivity contribution in [3.63, 3.8) is 0 Å². The van der Waals surface area contributed by atoms with Crippen LogP contribution in [-0.4, -0.2) is 46.8 Å². The normalized spacial score (nSPS) is 24.3. The number of amides is 2. The van der Waals surface area contributed by atoms with Crippen molar-refractivity contribution in [3.8, 4) is 0 Å². The third-order valence-corrected chi connectivity index (χ3v) is 4.38. The van der Waals surface area contributed by atoms with Crippen molar-refractivity contribution < 1.29 is 9.59 Å². The van der Waals surface area contributed by atoms with Gasteiger partial charge in [-0.2, -0.15) is 11.8 Å². The summed E-state index contributed by atoms with van der Waals surface area (Å²) in [6.07, 6.45) is 3.07. The second kappa shape index (κ2) is 8.46. The zero-order chi connectivity index (χ0) is 14.3. The molecule has 2 atom stereocenters. The summed E-state index contributed by atoms with van der Waals surface area (Å²) >= 11 is 1.90. The predicted molar refractivity (Wildman–Crippen MR) is 80.2 cm³/mol. The predicted octanol–water partition coefficient (Wildman–Crippen LogP) is 2.04. The molecule has 0 spiro atoms. The molecule has 1 rings (SSSR count). The van der Waals surface area contributed by atoms with Gasteiger partial charge in [0.25, 0.3) is 0 Å². The highest BCUT2D eigenvalue weighted by atomic mass is 32.2. The van der Waals surface area contributed by atoms with Crippen molar-refractivity contribution >= 4 is 23.6 Å². The SMILES string of the molecule is CCCC1NC(=O)CC(C)N(CCCSCC)C1=O. The molecule has 5 heteroatoms. The molecule has 19 heavy (non-hydrogen) atoms. The maximum atomic E-state index is 12.5. The second-order valence-electron chi connectivity index (χ2n) is 5.04. The minimum Gasteiger partial charge on any atom is -0.344 e. The first-order valence-corrected chi connectivity index (χ1v) is 8.43. The zero-order valence-electron chi connectivity index (χ0n) is 12.3. The Balaban J connectivity index is 2.63. The quantitative estimate of drug-likeness (QED) is 0.729. The summed E-state index contributed by atoms with van der Waals surface area (Å²) in [4.78, 5) is 26.1. The van der Waals surface area contributed by atoms with Gasteiger partial charge in [0.15, 0.2) is 0 Å². The van der Waals surface area contributed by atoms with Crippen molar-refractivity contribution in [3.05, 3.63) is 0 Å². The molecule has 0 aromatic carbocycles. The lowest BCUT2D eigenvalue weighted by Crippen LogP contribution is -2.46. The van der Waals surface area contributed by atoms with E-state index >= 15 is 0 Å². The summed E-state index contributed by atoms with van der Waals surface area (Å²) in [6.45, 7) is 6.92. The first-order valence-electron chi connectivity index (χ1n) is 7.27. The van der Waals surface area contributed by atoms with E-state index in [-0.39, 0.29) is 23.9 Å². The van der Waals surface area contributed by atoms with Crippen molar-refractivity contribution in [1.82, 2.24) is 10.2 Å². The fraction of sp³-hybridized carbons (Fsp3) is 0.857. The smallest absolute Gasteiger partial charge is 0.245 e. The monoisotopic (exact) mass is 286 g/mol. The highest BCUT2D eigenvalue weighted by molar-refractivity contribution is 7.99. The number of rotatable bonds is 7. The fourth-order valence-corrected chi connectivity index (χ4v) is 3.03. The molecule has 1 saturated heterocycles. The third kappa shape index (κ3) is 5.05. The summed E-state index contributed by atoms with van der Waals surface area (Å²) in [5, 5.41) is 2.86. The van der Waals surface area contributed by atoms with Crippen molar-refractivity contribution in [2.45, 2.75) is 58.5 Å². The topological polar surface area (TPSA) is 49.4 Å². The maximum absolute atomic E-state index is 12.5. The van der Waals surface area contributed by atoms with Crippen LogP contribution in [0.1, 0.15) is 46.5 Å². The number of nitrogens with one attached hydrogen (secondary N) is 1. The molecule has 0 saturated carbocycles. The molecule has 0 aliphatic carbocycles. The molecule has 4 nitrogen and oxygen atoms in total. The highest BCUT2D eigenvalue weighted by Gasteiger charge is 2.32. The van der Waals surface area contributed by atoms with Crippen LogP contribution in [0, 0.1) is 0 Å². The number of thioether (sulfide) groups is 1. The van der Waals surface area contributed by atoms with Gasteiger partial charge < -0.3 is 10.2 Å². The van der Waals surface area contributed by atoms with Crippen LogP contribution in [0.15, 0.2) is 0 Å². The Morgan fingerprint density at radius 3 is 2.74 bits per heavy atom. The highest BCUT2D eigenvalue weighted by Crippen LogP contribution is 2.15. The molecule has 1 heterocycles. The average Bonchev–Trinajstić information content (AvgIpc) is 2.45. The van der Waals surface area contributed by atoms with Crippen molar-refractivity contribution in [2.75, 3.05) is 18.1 Å². The van der Waals surface area contributed by atoms with Gasteiger partial charge in [-0.25, -0.2) is 0 Å². The van der Waals surface area contributed by atoms with E-state index in [0.29, 0.717) is 6.42 Å². The molecule has 1 aliphatic rings. The van der Waals surface area contributed by atoms with Crippen molar-refractivity contribution in [2.24, 2.45) is 0 Å². The lowest BCUT2D eigenvalue weighted by atomic mass is 10.1. The van der Waals surface area contributed by atoms with Crippen LogP contribution in [0.25, 0.3) is 0 Å². The number of nitrogens with zero attached hydrogens (tertiary/aromatic N) is 1. The maximum Gasteiger partial charge on any atom is 0.245 e. The van der Waals surface area contributed by atoms with Gasteiger partial charge in [-0.05, 0) is 31.3 Å². The van der Waals surface area contributed by atoms with Gasteiger partial charge >= 0.3 is 0 Å². The van der Waals surface area contributed by atoms with Crippen LogP contribution < -0.4 is 5.32 Å². The van der Waals surface area contributed by atoms with E-state index < -0.39 is 0 Å². The van der Waals surface area contributed by atoms with E-state index in [0.717, 1.165) is 37.3 Å². The van der Waals surface area contributed by atoms with Gasteiger partial charge in [-0.1, -0.05) is 20.3 Å². The number of carbonyl (C=O) groups excluding carboxylic acids is 2. The lowest BCUT2D eigenvalue weighted by molar-refractivity contribution is -0.135. The molecule has 0 radical (unpaired) electrons. The zero-order valence-corrected chi connectivity index (χ0v) is 13.1. The van der Waals surface area contributed by atoms with E-state index in [4.69, 9.17) is 0 Å². The first kappa shape index (κ1) is 16.3. The number of hydrogen-bond donors (Lipinski definition) is 1. The summed E-state index contributed by atoms with van der Waals surface area (Å²) in [7, 11) is 0. The Labute approximate surface area is 120 Å². The van der Waals surface area contributed by atoms with E-state index in [1.807, 2.05) is 30.5 Å². The minimum atomic E-state index is -0.318. The van der Waals surface area contributed by atoms with Gasteiger partial charge in [0.2, 0.25) is 11.8 Å². The summed E-state index contributed by atoms with van der Waals surface area (Å²) in [5.74, 6) is 2.29. The molecular weight excluding hydrogens is 260 g/mol. The van der Waals surface area contributed by atoms with Crippen molar-refractivity contribution in [1.29, 1.82) is 0 Å². The van der Waals surface area contributed by atoms with E-state index in [2.05, 4.69) is 12.2 Å². The van der Waals surface area contributed by atoms with E-state index in [1.54, 1.807) is 0 Å². The molecule has 1 aliphatic heterocycles. The molecule has 2 amide bonds. The minimum absolute atomic E-state index is 0.00438. The Morgan fingerprint density at radius 1 is 1.37 bits per heavy atom. The summed E-state index contributed by atoms with van der Waals surface area (Å²) in [6, 6.07) is -0.303. The Morgan fingerprint density at radius 2 is 2.11 bits per heavy atom. The van der Waals surface area contributed by atoms with Gasteiger partial charge in [-0.15, -0.1) is 0 Å². The van der Waals surface area contributed by atoms with E-state index in [9.17, 15) is 9.59 Å². The van der Waals surface area contributed by atoms with Gasteiger partial charge in [0, 0.05) is 19.0 Å². The number of hydrogen-bond acceptors (Lipinski definition) is 3. The summed E-state index contributed by atoms with van der Waals surface area (Å²) in [5.41, 5.74) is 0. The average molecular weight is 286 g/mol. The molecule has 1 N–H and O–H groups in total. The molecular formula is C14H26N2O2S. The molecule has 110 valence electrons. The Bertz CT molecular complexity index is 310. The van der Waals surface area contributed by atoms with Crippen LogP contribution in [0.3, 0.4) is 0 Å². The van der Waals surface area contributed by atoms with E-state index in [1.165, 1.54) is 0 Å². The summed E-state index contributed by atoms with van der Waals surface area (Å²) < 4.78 is 0.